The van der Waals surface area contributed by atoms with Crippen molar-refractivity contribution in [3.63, 3.8) is 0 Å². The minimum atomic E-state index is -0.500. The molecule has 0 bridgehead atoms. The summed E-state index contributed by atoms with van der Waals surface area (Å²) in [5, 5.41) is 13.3. The molecular weight excluding hydrogens is 340 g/mol. The number of nitrogens with zero attached hydrogens (tertiary/aromatic N) is 1. The van der Waals surface area contributed by atoms with Gasteiger partial charge in [-0.1, -0.05) is 6.07 Å². The van der Waals surface area contributed by atoms with E-state index in [-0.39, 0.29) is 18.2 Å². The van der Waals surface area contributed by atoms with Crippen molar-refractivity contribution in [1.82, 2.24) is 0 Å². The van der Waals surface area contributed by atoms with Gasteiger partial charge in [-0.2, -0.15) is 0 Å². The second kappa shape index (κ2) is 10.00. The first-order chi connectivity index (χ1) is 12.6. The fraction of sp³-hybridized carbons (Fsp3) is 0.278. The van der Waals surface area contributed by atoms with Crippen LogP contribution in [0.4, 0.5) is 11.4 Å². The van der Waals surface area contributed by atoms with Crippen LogP contribution in [-0.2, 0) is 9.53 Å². The van der Waals surface area contributed by atoms with Gasteiger partial charge in [-0.15, -0.1) is 0 Å². The first-order valence-electron chi connectivity index (χ1n) is 8.06. The van der Waals surface area contributed by atoms with Crippen LogP contribution < -0.4 is 14.8 Å². The first-order valence-corrected chi connectivity index (χ1v) is 8.06. The molecular formula is C18H20N2O6. The Morgan fingerprint density at radius 1 is 1.08 bits per heavy atom. The number of non-ortho nitro benzene ring substituents is 1. The van der Waals surface area contributed by atoms with Gasteiger partial charge in [-0.3, -0.25) is 14.9 Å². The van der Waals surface area contributed by atoms with E-state index in [1.807, 2.05) is 6.92 Å². The lowest BCUT2D eigenvalue weighted by Gasteiger charge is -2.10. The molecule has 26 heavy (non-hydrogen) atoms. The molecule has 8 nitrogen and oxygen atoms in total. The van der Waals surface area contributed by atoms with Gasteiger partial charge >= 0.3 is 0 Å². The van der Waals surface area contributed by atoms with Gasteiger partial charge in [0.15, 0.2) is 6.61 Å². The van der Waals surface area contributed by atoms with Gasteiger partial charge in [0.25, 0.3) is 11.6 Å². The van der Waals surface area contributed by atoms with E-state index in [0.717, 1.165) is 0 Å². The van der Waals surface area contributed by atoms with Crippen LogP contribution in [0, 0.1) is 10.1 Å². The number of carbonyl (C=O) groups excluding carboxylic acids is 1. The van der Waals surface area contributed by atoms with Gasteiger partial charge in [0.1, 0.15) is 18.1 Å². The van der Waals surface area contributed by atoms with Crippen molar-refractivity contribution in [3.05, 3.63) is 58.6 Å². The molecule has 0 aromatic heterocycles. The molecule has 0 saturated carbocycles. The minimum absolute atomic E-state index is 0.0389. The molecule has 0 radical (unpaired) electrons. The zero-order chi connectivity index (χ0) is 18.8. The Kier molecular flexibility index (Phi) is 7.38. The van der Waals surface area contributed by atoms with Crippen LogP contribution in [0.5, 0.6) is 11.5 Å². The number of nitro groups is 1. The number of hydrogen-bond acceptors (Lipinski definition) is 6. The molecule has 2 rings (SSSR count). The van der Waals surface area contributed by atoms with Crippen molar-refractivity contribution in [2.75, 3.05) is 31.7 Å². The molecule has 1 amide bonds. The highest BCUT2D eigenvalue weighted by molar-refractivity contribution is 5.92. The van der Waals surface area contributed by atoms with Crippen LogP contribution in [-0.4, -0.2) is 37.3 Å². The molecule has 0 spiro atoms. The maximum absolute atomic E-state index is 12.0. The second-order valence-corrected chi connectivity index (χ2v) is 5.16. The Hall–Kier alpha value is -3.13. The standard InChI is InChI=1S/C18H20N2O6/c1-2-24-10-11-25-17-5-3-4-14(12-17)19-18(21)13-26-16-8-6-15(7-9-16)20(22)23/h3-9,12H,2,10-11,13H2,1H3,(H,19,21). The van der Waals surface area contributed by atoms with E-state index in [1.165, 1.54) is 24.3 Å². The van der Waals surface area contributed by atoms with Gasteiger partial charge in [-0.25, -0.2) is 0 Å². The predicted molar refractivity (Wildman–Crippen MR) is 95.7 cm³/mol. The fourth-order valence-corrected chi connectivity index (χ4v) is 2.04. The van der Waals surface area contributed by atoms with Crippen LogP contribution in [0.3, 0.4) is 0 Å². The summed E-state index contributed by atoms with van der Waals surface area (Å²) in [6, 6.07) is 12.5. The summed E-state index contributed by atoms with van der Waals surface area (Å²) in [6.07, 6.45) is 0. The maximum Gasteiger partial charge on any atom is 0.269 e. The van der Waals surface area contributed by atoms with Crippen molar-refractivity contribution in [3.8, 4) is 11.5 Å². The van der Waals surface area contributed by atoms with E-state index in [9.17, 15) is 14.9 Å². The highest BCUT2D eigenvalue weighted by Gasteiger charge is 2.07. The summed E-state index contributed by atoms with van der Waals surface area (Å²) in [5.74, 6) is 0.646. The van der Waals surface area contributed by atoms with E-state index in [1.54, 1.807) is 24.3 Å². The molecule has 0 unspecified atom stereocenters. The molecule has 2 aromatic carbocycles. The van der Waals surface area contributed by atoms with Crippen LogP contribution in [0.2, 0.25) is 0 Å². The largest absolute Gasteiger partial charge is 0.491 e. The van der Waals surface area contributed by atoms with E-state index in [4.69, 9.17) is 14.2 Å². The SMILES string of the molecule is CCOCCOc1cccc(NC(=O)COc2ccc([N+](=O)[O-])cc2)c1. The Balaban J connectivity index is 1.80. The lowest BCUT2D eigenvalue weighted by Crippen LogP contribution is -2.20. The smallest absolute Gasteiger partial charge is 0.269 e. The molecule has 0 fully saturated rings. The Labute approximate surface area is 150 Å². The van der Waals surface area contributed by atoms with E-state index in [2.05, 4.69) is 5.32 Å². The van der Waals surface area contributed by atoms with Crippen LogP contribution in [0.1, 0.15) is 6.92 Å². The highest BCUT2D eigenvalue weighted by atomic mass is 16.6. The molecule has 0 heterocycles. The zero-order valence-corrected chi connectivity index (χ0v) is 14.3. The molecule has 8 heteroatoms. The molecule has 0 saturated heterocycles. The monoisotopic (exact) mass is 360 g/mol. The molecule has 0 aliphatic heterocycles. The van der Waals surface area contributed by atoms with Crippen molar-refractivity contribution < 1.29 is 23.9 Å². The number of anilines is 1. The second-order valence-electron chi connectivity index (χ2n) is 5.16. The van der Waals surface area contributed by atoms with E-state index in [0.29, 0.717) is 37.0 Å². The molecule has 138 valence electrons. The van der Waals surface area contributed by atoms with Gasteiger partial charge in [0.05, 0.1) is 11.5 Å². The number of nitro benzene ring substituents is 1. The molecule has 2 aromatic rings. The van der Waals surface area contributed by atoms with Crippen LogP contribution in [0.15, 0.2) is 48.5 Å². The maximum atomic E-state index is 12.0. The van der Waals surface area contributed by atoms with Gasteiger partial charge in [-0.05, 0) is 31.2 Å². The normalized spacial score (nSPS) is 10.2. The van der Waals surface area contributed by atoms with Crippen molar-refractivity contribution in [2.24, 2.45) is 0 Å². The summed E-state index contributed by atoms with van der Waals surface area (Å²) in [5.41, 5.74) is 0.541. The number of amides is 1. The summed E-state index contributed by atoms with van der Waals surface area (Å²) >= 11 is 0. The summed E-state index contributed by atoms with van der Waals surface area (Å²) in [4.78, 5) is 22.1. The van der Waals surface area contributed by atoms with Crippen LogP contribution >= 0.6 is 0 Å². The number of rotatable bonds is 10. The molecule has 0 aliphatic carbocycles. The van der Waals surface area contributed by atoms with E-state index >= 15 is 0 Å². The lowest BCUT2D eigenvalue weighted by atomic mass is 10.3. The quantitative estimate of drug-likeness (QED) is 0.397. The lowest BCUT2D eigenvalue weighted by molar-refractivity contribution is -0.384. The Morgan fingerprint density at radius 2 is 1.85 bits per heavy atom. The number of hydrogen-bond donors (Lipinski definition) is 1. The zero-order valence-electron chi connectivity index (χ0n) is 14.3. The Morgan fingerprint density at radius 3 is 2.54 bits per heavy atom. The van der Waals surface area contributed by atoms with E-state index < -0.39 is 4.92 Å². The van der Waals surface area contributed by atoms with Crippen molar-refractivity contribution in [2.45, 2.75) is 6.92 Å². The van der Waals surface area contributed by atoms with Crippen molar-refractivity contribution in [1.29, 1.82) is 0 Å². The minimum Gasteiger partial charge on any atom is -0.491 e. The molecule has 0 atom stereocenters. The third kappa shape index (κ3) is 6.40. The van der Waals surface area contributed by atoms with Gasteiger partial charge in [0.2, 0.25) is 0 Å². The fourth-order valence-electron chi connectivity index (χ4n) is 2.04. The molecule has 1 N–H and O–H groups in total. The topological polar surface area (TPSA) is 99.9 Å². The summed E-state index contributed by atoms with van der Waals surface area (Å²) in [7, 11) is 0. The summed E-state index contributed by atoms with van der Waals surface area (Å²) in [6.45, 7) is 3.25. The average Bonchev–Trinajstić information content (AvgIpc) is 2.64. The number of ether oxygens (including phenoxy) is 3. The third-order valence-electron chi connectivity index (χ3n) is 3.24. The summed E-state index contributed by atoms with van der Waals surface area (Å²) < 4.78 is 16.0. The first kappa shape index (κ1) is 19.2. The predicted octanol–water partition coefficient (Wildman–Crippen LogP) is 3.03. The average molecular weight is 360 g/mol. The molecule has 0 aliphatic rings. The van der Waals surface area contributed by atoms with Crippen LogP contribution in [0.25, 0.3) is 0 Å². The third-order valence-corrected chi connectivity index (χ3v) is 3.24. The number of nitrogens with one attached hydrogen (secondary N) is 1. The van der Waals surface area contributed by atoms with Gasteiger partial charge in [0, 0.05) is 30.5 Å². The Bertz CT molecular complexity index is 733. The van der Waals surface area contributed by atoms with Crippen molar-refractivity contribution >= 4 is 17.3 Å². The number of benzene rings is 2. The highest BCUT2D eigenvalue weighted by Crippen LogP contribution is 2.19. The van der Waals surface area contributed by atoms with Gasteiger partial charge < -0.3 is 19.5 Å². The number of carbonyl (C=O) groups is 1.